The highest BCUT2D eigenvalue weighted by Gasteiger charge is 2.28. The van der Waals surface area contributed by atoms with Crippen LogP contribution in [0.3, 0.4) is 0 Å². The van der Waals surface area contributed by atoms with Gasteiger partial charge in [0, 0.05) is 30.6 Å². The van der Waals surface area contributed by atoms with Crippen LogP contribution < -0.4 is 5.73 Å². The monoisotopic (exact) mass is 236 g/mol. The molecule has 0 saturated carbocycles. The van der Waals surface area contributed by atoms with E-state index in [1.165, 1.54) is 16.3 Å². The minimum Gasteiger partial charge on any atom is -0.329 e. The van der Waals surface area contributed by atoms with E-state index in [4.69, 9.17) is 10.7 Å². The van der Waals surface area contributed by atoms with Crippen LogP contribution >= 0.6 is 11.3 Å². The molecule has 0 aromatic carbocycles. The van der Waals surface area contributed by atoms with Crippen LogP contribution in [0.15, 0.2) is 6.20 Å². The molecule has 4 nitrogen and oxygen atoms in total. The van der Waals surface area contributed by atoms with Crippen LogP contribution in [0.5, 0.6) is 0 Å². The first-order valence-electron chi connectivity index (χ1n) is 5.58. The minimum absolute atomic E-state index is 0.313. The first kappa shape index (κ1) is 10.3. The van der Waals surface area contributed by atoms with E-state index in [-0.39, 0.29) is 0 Å². The van der Waals surface area contributed by atoms with Crippen molar-refractivity contribution in [3.05, 3.63) is 22.5 Å². The van der Waals surface area contributed by atoms with Gasteiger partial charge in [0.1, 0.15) is 0 Å². The Morgan fingerprint density at radius 1 is 1.62 bits per heavy atom. The fourth-order valence-electron chi connectivity index (χ4n) is 2.49. The van der Waals surface area contributed by atoms with Gasteiger partial charge in [0.2, 0.25) is 0 Å². The fraction of sp³-hybridized carbons (Fsp3) is 0.545. The number of aromatic nitrogens is 2. The van der Waals surface area contributed by atoms with Gasteiger partial charge in [0.05, 0.1) is 17.4 Å². The normalized spacial score (nSPS) is 21.6. The van der Waals surface area contributed by atoms with Gasteiger partial charge in [-0.05, 0) is 14.0 Å². The first-order valence-corrected chi connectivity index (χ1v) is 6.40. The number of rotatable bonds is 1. The minimum atomic E-state index is 0.313. The lowest BCUT2D eigenvalue weighted by molar-refractivity contribution is 0.229. The van der Waals surface area contributed by atoms with E-state index in [9.17, 15) is 0 Å². The Hall–Kier alpha value is -0.910. The molecular formula is C11H16N4S. The number of hydrogen-bond donors (Lipinski definition) is 1. The molecule has 0 amide bonds. The molecule has 2 N–H and O–H groups in total. The summed E-state index contributed by atoms with van der Waals surface area (Å²) in [7, 11) is 2.14. The summed E-state index contributed by atoms with van der Waals surface area (Å²) in [6, 6.07) is 0.313. The Balaban J connectivity index is 2.23. The topological polar surface area (TPSA) is 46.6 Å². The van der Waals surface area contributed by atoms with Gasteiger partial charge in [-0.2, -0.15) is 0 Å². The lowest BCUT2D eigenvalue weighted by Crippen LogP contribution is -2.37. The lowest BCUT2D eigenvalue weighted by Gasteiger charge is -2.31. The molecule has 1 atom stereocenters. The molecule has 1 aliphatic heterocycles. The van der Waals surface area contributed by atoms with Gasteiger partial charge in [0.15, 0.2) is 4.96 Å². The van der Waals surface area contributed by atoms with Gasteiger partial charge >= 0.3 is 0 Å². The number of nitrogens with two attached hydrogens (primary N) is 1. The third-order valence-electron chi connectivity index (χ3n) is 3.33. The van der Waals surface area contributed by atoms with Crippen LogP contribution in [0.1, 0.15) is 22.3 Å². The van der Waals surface area contributed by atoms with Crippen LogP contribution in [0.4, 0.5) is 0 Å². The summed E-state index contributed by atoms with van der Waals surface area (Å²) < 4.78 is 2.22. The zero-order valence-corrected chi connectivity index (χ0v) is 10.4. The zero-order valence-electron chi connectivity index (χ0n) is 9.60. The number of aryl methyl sites for hydroxylation is 1. The Labute approximate surface area is 98.7 Å². The predicted molar refractivity (Wildman–Crippen MR) is 65.9 cm³/mol. The van der Waals surface area contributed by atoms with Crippen molar-refractivity contribution >= 4 is 16.3 Å². The molecule has 1 unspecified atom stereocenters. The number of imidazole rings is 1. The lowest BCUT2D eigenvalue weighted by atomic mass is 10.0. The molecular weight excluding hydrogens is 220 g/mol. The SMILES string of the molecule is Cc1cn2c3c(nc2s1)CCN(C)C3CN. The van der Waals surface area contributed by atoms with Gasteiger partial charge < -0.3 is 5.73 Å². The largest absolute Gasteiger partial charge is 0.329 e. The summed E-state index contributed by atoms with van der Waals surface area (Å²) in [6.45, 7) is 3.83. The number of thiazole rings is 1. The van der Waals surface area contributed by atoms with E-state index in [1.54, 1.807) is 11.3 Å². The van der Waals surface area contributed by atoms with E-state index in [2.05, 4.69) is 29.5 Å². The number of hydrogen-bond acceptors (Lipinski definition) is 4. The maximum Gasteiger partial charge on any atom is 0.194 e. The highest BCUT2D eigenvalue weighted by molar-refractivity contribution is 7.17. The molecule has 3 heterocycles. The summed E-state index contributed by atoms with van der Waals surface area (Å²) in [6.07, 6.45) is 3.21. The predicted octanol–water partition coefficient (Wildman–Crippen LogP) is 1.19. The summed E-state index contributed by atoms with van der Waals surface area (Å²) in [5.41, 5.74) is 8.42. The van der Waals surface area contributed by atoms with Crippen molar-refractivity contribution in [1.82, 2.24) is 14.3 Å². The Morgan fingerprint density at radius 2 is 2.44 bits per heavy atom. The van der Waals surface area contributed by atoms with Crippen LogP contribution in [-0.4, -0.2) is 34.4 Å². The molecule has 0 saturated heterocycles. The van der Waals surface area contributed by atoms with E-state index >= 15 is 0 Å². The third kappa shape index (κ3) is 1.32. The standard InChI is InChI=1S/C11H16N4S/c1-7-6-15-10-8(13-11(15)16-7)3-4-14(2)9(10)5-12/h6,9H,3-5,12H2,1-2H3. The second-order valence-corrected chi connectivity index (χ2v) is 5.63. The van der Waals surface area contributed by atoms with Crippen molar-refractivity contribution in [3.8, 4) is 0 Å². The maximum absolute atomic E-state index is 5.89. The van der Waals surface area contributed by atoms with Crippen molar-refractivity contribution in [2.75, 3.05) is 20.1 Å². The van der Waals surface area contributed by atoms with Gasteiger partial charge in [-0.15, -0.1) is 11.3 Å². The van der Waals surface area contributed by atoms with Crippen molar-refractivity contribution in [2.45, 2.75) is 19.4 Å². The van der Waals surface area contributed by atoms with Crippen LogP contribution in [0.2, 0.25) is 0 Å². The smallest absolute Gasteiger partial charge is 0.194 e. The molecule has 1 aliphatic rings. The number of likely N-dealkylation sites (N-methyl/N-ethyl adjacent to an activating group) is 1. The summed E-state index contributed by atoms with van der Waals surface area (Å²) in [4.78, 5) is 9.44. The van der Waals surface area contributed by atoms with Crippen molar-refractivity contribution in [2.24, 2.45) is 5.73 Å². The first-order chi connectivity index (χ1) is 7.70. The fourth-order valence-corrected chi connectivity index (χ4v) is 3.34. The molecule has 0 fully saturated rings. The molecule has 5 heteroatoms. The van der Waals surface area contributed by atoms with Crippen molar-refractivity contribution in [1.29, 1.82) is 0 Å². The van der Waals surface area contributed by atoms with Crippen molar-refractivity contribution in [3.63, 3.8) is 0 Å². The second kappa shape index (κ2) is 3.55. The highest BCUT2D eigenvalue weighted by Crippen LogP contribution is 2.31. The Kier molecular flexibility index (Phi) is 2.27. The second-order valence-electron chi connectivity index (χ2n) is 4.42. The third-order valence-corrected chi connectivity index (χ3v) is 4.23. The van der Waals surface area contributed by atoms with Gasteiger partial charge in [-0.25, -0.2) is 4.98 Å². The van der Waals surface area contributed by atoms with E-state index < -0.39 is 0 Å². The molecule has 16 heavy (non-hydrogen) atoms. The van der Waals surface area contributed by atoms with Gasteiger partial charge in [0.25, 0.3) is 0 Å². The Bertz CT molecular complexity index is 527. The molecule has 86 valence electrons. The van der Waals surface area contributed by atoms with E-state index in [1.807, 2.05) is 0 Å². The quantitative estimate of drug-likeness (QED) is 0.809. The summed E-state index contributed by atoms with van der Waals surface area (Å²) >= 11 is 1.75. The van der Waals surface area contributed by atoms with Gasteiger partial charge in [-0.3, -0.25) is 9.30 Å². The van der Waals surface area contributed by atoms with Crippen LogP contribution in [0.25, 0.3) is 4.96 Å². The summed E-state index contributed by atoms with van der Waals surface area (Å²) in [5, 5.41) is 0. The number of nitrogens with zero attached hydrogens (tertiary/aromatic N) is 3. The average molecular weight is 236 g/mol. The molecule has 0 aliphatic carbocycles. The molecule has 0 bridgehead atoms. The van der Waals surface area contributed by atoms with Crippen molar-refractivity contribution < 1.29 is 0 Å². The maximum atomic E-state index is 5.89. The Morgan fingerprint density at radius 3 is 3.19 bits per heavy atom. The average Bonchev–Trinajstić information content (AvgIpc) is 2.74. The summed E-state index contributed by atoms with van der Waals surface area (Å²) in [5.74, 6) is 0. The zero-order chi connectivity index (χ0) is 11.3. The van der Waals surface area contributed by atoms with Gasteiger partial charge in [-0.1, -0.05) is 0 Å². The molecule has 0 radical (unpaired) electrons. The number of fused-ring (bicyclic) bond motifs is 3. The highest BCUT2D eigenvalue weighted by atomic mass is 32.1. The molecule has 2 aromatic rings. The van der Waals surface area contributed by atoms with Crippen LogP contribution in [-0.2, 0) is 6.42 Å². The molecule has 0 spiro atoms. The molecule has 2 aromatic heterocycles. The van der Waals surface area contributed by atoms with E-state index in [0.29, 0.717) is 12.6 Å². The van der Waals surface area contributed by atoms with Crippen LogP contribution in [0, 0.1) is 6.92 Å². The molecule has 3 rings (SSSR count). The van der Waals surface area contributed by atoms with E-state index in [0.717, 1.165) is 17.9 Å².